The largest absolute Gasteiger partial charge is 0.349 e. The molecular formula is C24H19N3OS. The molecule has 2 heterocycles. The predicted octanol–water partition coefficient (Wildman–Crippen LogP) is 5.53. The summed E-state index contributed by atoms with van der Waals surface area (Å²) in [5.74, 6) is -0.365. The number of carbonyl (C=O) groups is 1. The molecule has 5 heteroatoms. The summed E-state index contributed by atoms with van der Waals surface area (Å²) in [5, 5.41) is 13.2. The monoisotopic (exact) mass is 397 g/mol. The third-order valence-corrected chi connectivity index (χ3v) is 6.35. The molecule has 2 N–H and O–H groups in total. The van der Waals surface area contributed by atoms with Crippen LogP contribution in [0.2, 0.25) is 0 Å². The van der Waals surface area contributed by atoms with Crippen LogP contribution >= 0.6 is 11.8 Å². The van der Waals surface area contributed by atoms with Crippen LogP contribution in [0.1, 0.15) is 17.0 Å². The molecule has 0 spiro atoms. The molecule has 1 fully saturated rings. The van der Waals surface area contributed by atoms with E-state index in [9.17, 15) is 4.79 Å². The first-order valence-electron chi connectivity index (χ1n) is 9.46. The van der Waals surface area contributed by atoms with Gasteiger partial charge < -0.3 is 5.32 Å². The van der Waals surface area contributed by atoms with Gasteiger partial charge in [0.05, 0.1) is 22.3 Å². The second-order valence-electron chi connectivity index (χ2n) is 7.17. The highest BCUT2D eigenvalue weighted by molar-refractivity contribution is 8.03. The van der Waals surface area contributed by atoms with Gasteiger partial charge in [0.1, 0.15) is 5.84 Å². The average molecular weight is 398 g/mol. The van der Waals surface area contributed by atoms with Gasteiger partial charge in [0.15, 0.2) is 0 Å². The zero-order valence-corrected chi connectivity index (χ0v) is 16.7. The van der Waals surface area contributed by atoms with E-state index in [0.29, 0.717) is 0 Å². The van der Waals surface area contributed by atoms with Crippen molar-refractivity contribution in [2.24, 2.45) is 0 Å². The van der Waals surface area contributed by atoms with E-state index in [4.69, 9.17) is 5.41 Å². The lowest BCUT2D eigenvalue weighted by Crippen LogP contribution is -2.29. The molecule has 0 unspecified atom stereocenters. The SMILES string of the molecule is Cc1ccc(N2C(=N)C(=C3Nc4ccccc4S3)[C@@H](c3ccccc3)C2=O)cc1. The minimum absolute atomic E-state index is 0.0918. The maximum Gasteiger partial charge on any atom is 0.244 e. The maximum absolute atomic E-state index is 13.6. The van der Waals surface area contributed by atoms with Crippen LogP contribution in [0.5, 0.6) is 0 Å². The number of benzene rings is 3. The molecule has 1 amide bonds. The standard InChI is InChI=1S/C24H19N3OS/c1-15-11-13-17(14-12-15)27-22(25)21(20(24(27)28)16-7-3-2-4-8-16)23-26-18-9-5-6-10-19(18)29-23/h2-14,20,25-26H,1H3/t20-/m1/s1. The number of nitrogens with zero attached hydrogens (tertiary/aromatic N) is 1. The molecule has 5 rings (SSSR count). The molecule has 0 aromatic heterocycles. The second kappa shape index (κ2) is 6.94. The number of hydrogen-bond acceptors (Lipinski definition) is 4. The van der Waals surface area contributed by atoms with Crippen LogP contribution in [0.25, 0.3) is 0 Å². The normalized spacial score (nSPS) is 20.7. The summed E-state index contributed by atoms with van der Waals surface area (Å²) in [7, 11) is 0. The predicted molar refractivity (Wildman–Crippen MR) is 119 cm³/mol. The summed E-state index contributed by atoms with van der Waals surface area (Å²) in [4.78, 5) is 16.2. The number of amides is 1. The number of aryl methyl sites for hydroxylation is 1. The van der Waals surface area contributed by atoms with Gasteiger partial charge in [0.2, 0.25) is 5.91 Å². The second-order valence-corrected chi connectivity index (χ2v) is 8.22. The van der Waals surface area contributed by atoms with Gasteiger partial charge in [-0.1, -0.05) is 71.9 Å². The maximum atomic E-state index is 13.6. The first kappa shape index (κ1) is 17.8. The molecule has 142 valence electrons. The summed E-state index contributed by atoms with van der Waals surface area (Å²) in [6.07, 6.45) is 0. The quantitative estimate of drug-likeness (QED) is 0.598. The summed E-state index contributed by atoms with van der Waals surface area (Å²) >= 11 is 1.59. The van der Waals surface area contributed by atoms with E-state index in [-0.39, 0.29) is 11.7 Å². The van der Waals surface area contributed by atoms with Crippen LogP contribution in [0.4, 0.5) is 11.4 Å². The first-order chi connectivity index (χ1) is 14.1. The van der Waals surface area contributed by atoms with E-state index in [2.05, 4.69) is 11.4 Å². The van der Waals surface area contributed by atoms with E-state index in [1.54, 1.807) is 11.8 Å². The Kier molecular flexibility index (Phi) is 4.25. The van der Waals surface area contributed by atoms with E-state index in [1.807, 2.05) is 79.7 Å². The minimum atomic E-state index is -0.505. The smallest absolute Gasteiger partial charge is 0.244 e. The molecule has 0 radical (unpaired) electrons. The molecule has 1 saturated heterocycles. The molecule has 0 aliphatic carbocycles. The molecule has 3 aromatic carbocycles. The number of fused-ring (bicyclic) bond motifs is 1. The Bertz CT molecular complexity index is 1130. The van der Waals surface area contributed by atoms with Crippen LogP contribution in [0.15, 0.2) is 94.4 Å². The fourth-order valence-electron chi connectivity index (χ4n) is 3.80. The van der Waals surface area contributed by atoms with Crippen LogP contribution < -0.4 is 10.2 Å². The zero-order chi connectivity index (χ0) is 20.0. The highest BCUT2D eigenvalue weighted by Crippen LogP contribution is 2.48. The Morgan fingerprint density at radius 2 is 1.62 bits per heavy atom. The van der Waals surface area contributed by atoms with Gasteiger partial charge in [-0.25, -0.2) is 0 Å². The fourth-order valence-corrected chi connectivity index (χ4v) is 4.88. The third-order valence-electron chi connectivity index (χ3n) is 5.25. The average Bonchev–Trinajstić information content (AvgIpc) is 3.27. The number of thioether (sulfide) groups is 1. The van der Waals surface area contributed by atoms with Crippen LogP contribution in [-0.2, 0) is 4.79 Å². The van der Waals surface area contributed by atoms with Crippen molar-refractivity contribution >= 4 is 34.9 Å². The van der Waals surface area contributed by atoms with Crippen molar-refractivity contribution in [1.82, 2.24) is 0 Å². The van der Waals surface area contributed by atoms with E-state index < -0.39 is 5.92 Å². The zero-order valence-electron chi connectivity index (χ0n) is 15.8. The van der Waals surface area contributed by atoms with E-state index in [0.717, 1.165) is 38.0 Å². The summed E-state index contributed by atoms with van der Waals surface area (Å²) in [5.41, 5.74) is 4.48. The van der Waals surface area contributed by atoms with Gasteiger partial charge in [-0.2, -0.15) is 0 Å². The fraction of sp³-hybridized carbons (Fsp3) is 0.0833. The molecule has 0 saturated carbocycles. The molecule has 0 bridgehead atoms. The Morgan fingerprint density at radius 3 is 2.34 bits per heavy atom. The molecule has 2 aliphatic heterocycles. The third kappa shape index (κ3) is 2.95. The summed E-state index contributed by atoms with van der Waals surface area (Å²) in [6.45, 7) is 2.01. The van der Waals surface area contributed by atoms with Crippen molar-refractivity contribution in [2.45, 2.75) is 17.7 Å². The molecule has 3 aromatic rings. The highest BCUT2D eigenvalue weighted by Gasteiger charge is 2.45. The summed E-state index contributed by atoms with van der Waals surface area (Å²) in [6, 6.07) is 25.5. The van der Waals surface area contributed by atoms with Crippen molar-refractivity contribution in [3.8, 4) is 0 Å². The first-order valence-corrected chi connectivity index (χ1v) is 10.3. The van der Waals surface area contributed by atoms with Gasteiger partial charge >= 0.3 is 0 Å². The lowest BCUT2D eigenvalue weighted by atomic mass is 9.93. The van der Waals surface area contributed by atoms with Crippen LogP contribution in [-0.4, -0.2) is 11.7 Å². The highest BCUT2D eigenvalue weighted by atomic mass is 32.2. The number of amidine groups is 1. The lowest BCUT2D eigenvalue weighted by Gasteiger charge is -2.16. The molecule has 4 nitrogen and oxygen atoms in total. The van der Waals surface area contributed by atoms with Crippen molar-refractivity contribution in [3.05, 3.63) is 101 Å². The van der Waals surface area contributed by atoms with Crippen LogP contribution in [0.3, 0.4) is 0 Å². The minimum Gasteiger partial charge on any atom is -0.349 e. The Labute approximate surface area is 173 Å². The van der Waals surface area contributed by atoms with Gasteiger partial charge in [-0.15, -0.1) is 0 Å². The van der Waals surface area contributed by atoms with Crippen LogP contribution in [0, 0.1) is 12.3 Å². The summed E-state index contributed by atoms with van der Waals surface area (Å²) < 4.78 is 0. The molecule has 29 heavy (non-hydrogen) atoms. The number of hydrogen-bond donors (Lipinski definition) is 2. The number of rotatable bonds is 2. The topological polar surface area (TPSA) is 56.2 Å². The van der Waals surface area contributed by atoms with Crippen molar-refractivity contribution < 1.29 is 4.79 Å². The Morgan fingerprint density at radius 1 is 0.931 bits per heavy atom. The van der Waals surface area contributed by atoms with Crippen molar-refractivity contribution in [3.63, 3.8) is 0 Å². The lowest BCUT2D eigenvalue weighted by molar-refractivity contribution is -0.117. The van der Waals surface area contributed by atoms with Gasteiger partial charge in [0.25, 0.3) is 0 Å². The number of carbonyl (C=O) groups excluding carboxylic acids is 1. The molecular weight excluding hydrogens is 378 g/mol. The van der Waals surface area contributed by atoms with Gasteiger partial charge in [-0.3, -0.25) is 15.1 Å². The Hall–Kier alpha value is -3.31. The van der Waals surface area contributed by atoms with Crippen molar-refractivity contribution in [1.29, 1.82) is 5.41 Å². The molecule has 2 aliphatic rings. The molecule has 1 atom stereocenters. The van der Waals surface area contributed by atoms with E-state index in [1.165, 1.54) is 4.90 Å². The Balaban J connectivity index is 1.65. The number of anilines is 2. The van der Waals surface area contributed by atoms with Crippen molar-refractivity contribution in [2.75, 3.05) is 10.2 Å². The van der Waals surface area contributed by atoms with Gasteiger partial charge in [-0.05, 0) is 36.8 Å². The van der Waals surface area contributed by atoms with Gasteiger partial charge in [0, 0.05) is 10.5 Å². The van der Waals surface area contributed by atoms with E-state index >= 15 is 0 Å². The number of para-hydroxylation sites is 1. The number of nitrogens with one attached hydrogen (secondary N) is 2.